The van der Waals surface area contributed by atoms with E-state index in [2.05, 4.69) is 31.2 Å². The molecule has 0 aromatic heterocycles. The van der Waals surface area contributed by atoms with E-state index in [1.54, 1.807) is 14.2 Å². The van der Waals surface area contributed by atoms with Crippen molar-refractivity contribution >= 4 is 0 Å². The molecule has 0 heterocycles. The number of rotatable bonds is 6. The van der Waals surface area contributed by atoms with Crippen molar-refractivity contribution in [3.8, 4) is 11.5 Å². The van der Waals surface area contributed by atoms with Gasteiger partial charge in [0.25, 0.3) is 0 Å². The lowest BCUT2D eigenvalue weighted by Crippen LogP contribution is -2.03. The Balaban J connectivity index is 2.13. The summed E-state index contributed by atoms with van der Waals surface area (Å²) in [5, 5.41) is 10.4. The van der Waals surface area contributed by atoms with E-state index in [1.165, 1.54) is 5.56 Å². The lowest BCUT2D eigenvalue weighted by atomic mass is 10.00. The van der Waals surface area contributed by atoms with Crippen LogP contribution in [0.15, 0.2) is 42.5 Å². The van der Waals surface area contributed by atoms with Gasteiger partial charge in [-0.05, 0) is 35.2 Å². The molecule has 0 amide bonds. The first-order valence-electron chi connectivity index (χ1n) is 7.15. The highest BCUT2D eigenvalue weighted by molar-refractivity contribution is 5.43. The lowest BCUT2D eigenvalue weighted by molar-refractivity contribution is 0.178. The molecule has 1 unspecified atom stereocenters. The largest absolute Gasteiger partial charge is 0.493 e. The van der Waals surface area contributed by atoms with Crippen LogP contribution >= 0.6 is 0 Å². The minimum atomic E-state index is -0.558. The molecule has 0 aliphatic rings. The number of hydrogen-bond acceptors (Lipinski definition) is 3. The summed E-state index contributed by atoms with van der Waals surface area (Å²) < 4.78 is 10.5. The van der Waals surface area contributed by atoms with Crippen LogP contribution < -0.4 is 9.47 Å². The summed E-state index contributed by atoms with van der Waals surface area (Å²) in [6.45, 7) is 2.13. The number of aryl methyl sites for hydroxylation is 1. The predicted molar refractivity (Wildman–Crippen MR) is 84.0 cm³/mol. The Hall–Kier alpha value is -2.00. The molecule has 0 fully saturated rings. The topological polar surface area (TPSA) is 38.7 Å². The van der Waals surface area contributed by atoms with Gasteiger partial charge in [0.15, 0.2) is 11.5 Å². The molecule has 0 bridgehead atoms. The number of aliphatic hydroxyl groups excluding tert-OH is 1. The third-order valence-electron chi connectivity index (χ3n) is 3.65. The van der Waals surface area contributed by atoms with Gasteiger partial charge in [-0.25, -0.2) is 0 Å². The fourth-order valence-corrected chi connectivity index (χ4v) is 2.31. The Morgan fingerprint density at radius 1 is 0.905 bits per heavy atom. The Labute approximate surface area is 126 Å². The molecule has 112 valence electrons. The van der Waals surface area contributed by atoms with Gasteiger partial charge in [0.2, 0.25) is 0 Å². The minimum absolute atomic E-state index is 0.558. The maximum Gasteiger partial charge on any atom is 0.161 e. The summed E-state index contributed by atoms with van der Waals surface area (Å²) in [6, 6.07) is 13.9. The van der Waals surface area contributed by atoms with Crippen LogP contribution in [0.1, 0.15) is 29.7 Å². The molecule has 2 rings (SSSR count). The average Bonchev–Trinajstić information content (AvgIpc) is 2.54. The molecular formula is C18H22O3. The molecule has 0 aliphatic heterocycles. The molecule has 1 atom stereocenters. The molecule has 1 N–H and O–H groups in total. The van der Waals surface area contributed by atoms with Gasteiger partial charge < -0.3 is 14.6 Å². The average molecular weight is 286 g/mol. The van der Waals surface area contributed by atoms with Gasteiger partial charge in [-0.15, -0.1) is 0 Å². The van der Waals surface area contributed by atoms with E-state index >= 15 is 0 Å². The zero-order valence-electron chi connectivity index (χ0n) is 12.8. The fraction of sp³-hybridized carbons (Fsp3) is 0.333. The summed E-state index contributed by atoms with van der Waals surface area (Å²) >= 11 is 0. The smallest absolute Gasteiger partial charge is 0.161 e. The van der Waals surface area contributed by atoms with Crippen molar-refractivity contribution in [1.29, 1.82) is 0 Å². The van der Waals surface area contributed by atoms with Crippen molar-refractivity contribution in [2.45, 2.75) is 25.9 Å². The van der Waals surface area contributed by atoms with Crippen LogP contribution in [0.4, 0.5) is 0 Å². The highest BCUT2D eigenvalue weighted by Crippen LogP contribution is 2.31. The number of methoxy groups -OCH3 is 2. The second kappa shape index (κ2) is 7.14. The Kier molecular flexibility index (Phi) is 5.23. The number of aliphatic hydroxyl groups is 1. The number of hydrogen-bond donors (Lipinski definition) is 1. The fourth-order valence-electron chi connectivity index (χ4n) is 2.31. The van der Waals surface area contributed by atoms with Gasteiger partial charge in [0, 0.05) is 6.42 Å². The predicted octanol–water partition coefficient (Wildman–Crippen LogP) is 3.54. The quantitative estimate of drug-likeness (QED) is 0.882. The molecule has 0 saturated heterocycles. The summed E-state index contributed by atoms with van der Waals surface area (Å²) in [6.07, 6.45) is 1.05. The maximum atomic E-state index is 10.4. The van der Waals surface area contributed by atoms with Crippen LogP contribution in [0.2, 0.25) is 0 Å². The van der Waals surface area contributed by atoms with Crippen LogP contribution in [0, 0.1) is 0 Å². The summed E-state index contributed by atoms with van der Waals surface area (Å²) in [7, 11) is 3.20. The Bertz CT molecular complexity index is 576. The second-order valence-electron chi connectivity index (χ2n) is 5.00. The van der Waals surface area contributed by atoms with E-state index in [9.17, 15) is 5.11 Å². The zero-order valence-corrected chi connectivity index (χ0v) is 12.8. The van der Waals surface area contributed by atoms with E-state index < -0.39 is 6.10 Å². The van der Waals surface area contributed by atoms with Crippen molar-refractivity contribution in [3.05, 3.63) is 59.2 Å². The molecule has 2 aromatic carbocycles. The monoisotopic (exact) mass is 286 g/mol. The molecule has 0 radical (unpaired) electrons. The van der Waals surface area contributed by atoms with Crippen molar-refractivity contribution in [1.82, 2.24) is 0 Å². The van der Waals surface area contributed by atoms with E-state index in [-0.39, 0.29) is 0 Å². The SMILES string of the molecule is CCc1ccc(CC(O)c2ccc(OC)c(OC)c2)cc1. The van der Waals surface area contributed by atoms with E-state index in [1.807, 2.05) is 18.2 Å². The number of benzene rings is 2. The van der Waals surface area contributed by atoms with Crippen LogP contribution in [0.25, 0.3) is 0 Å². The second-order valence-corrected chi connectivity index (χ2v) is 5.00. The molecule has 3 nitrogen and oxygen atoms in total. The Morgan fingerprint density at radius 3 is 2.10 bits per heavy atom. The summed E-state index contributed by atoms with van der Waals surface area (Å²) in [5.41, 5.74) is 3.25. The highest BCUT2D eigenvalue weighted by atomic mass is 16.5. The van der Waals surface area contributed by atoms with Crippen molar-refractivity contribution in [2.75, 3.05) is 14.2 Å². The zero-order chi connectivity index (χ0) is 15.2. The molecule has 3 heteroatoms. The number of ether oxygens (including phenoxy) is 2. The van der Waals surface area contributed by atoms with Crippen LogP contribution in [-0.4, -0.2) is 19.3 Å². The minimum Gasteiger partial charge on any atom is -0.493 e. The van der Waals surface area contributed by atoms with Crippen molar-refractivity contribution < 1.29 is 14.6 Å². The highest BCUT2D eigenvalue weighted by Gasteiger charge is 2.12. The lowest BCUT2D eigenvalue weighted by Gasteiger charge is -2.14. The van der Waals surface area contributed by atoms with Crippen molar-refractivity contribution in [3.63, 3.8) is 0 Å². The van der Waals surface area contributed by atoms with Crippen LogP contribution in [0.5, 0.6) is 11.5 Å². The van der Waals surface area contributed by atoms with Gasteiger partial charge in [-0.2, -0.15) is 0 Å². The van der Waals surface area contributed by atoms with E-state index in [0.717, 1.165) is 17.5 Å². The molecule has 0 saturated carbocycles. The molecule has 2 aromatic rings. The van der Waals surface area contributed by atoms with Gasteiger partial charge >= 0.3 is 0 Å². The molecule has 0 spiro atoms. The van der Waals surface area contributed by atoms with Crippen LogP contribution in [0.3, 0.4) is 0 Å². The van der Waals surface area contributed by atoms with Gasteiger partial charge in [-0.3, -0.25) is 0 Å². The first-order valence-corrected chi connectivity index (χ1v) is 7.15. The first kappa shape index (κ1) is 15.4. The van der Waals surface area contributed by atoms with Gasteiger partial charge in [0.1, 0.15) is 0 Å². The third-order valence-corrected chi connectivity index (χ3v) is 3.65. The van der Waals surface area contributed by atoms with Gasteiger partial charge in [0.05, 0.1) is 20.3 Å². The van der Waals surface area contributed by atoms with E-state index in [0.29, 0.717) is 17.9 Å². The maximum absolute atomic E-state index is 10.4. The molecular weight excluding hydrogens is 264 g/mol. The van der Waals surface area contributed by atoms with Gasteiger partial charge in [-0.1, -0.05) is 37.3 Å². The normalized spacial score (nSPS) is 12.0. The summed E-state index contributed by atoms with van der Waals surface area (Å²) in [4.78, 5) is 0. The van der Waals surface area contributed by atoms with E-state index in [4.69, 9.17) is 9.47 Å². The third kappa shape index (κ3) is 3.76. The molecule has 0 aliphatic carbocycles. The molecule has 21 heavy (non-hydrogen) atoms. The standard InChI is InChI=1S/C18H22O3/c1-4-13-5-7-14(8-6-13)11-16(19)15-9-10-17(20-2)18(12-15)21-3/h5-10,12,16,19H,4,11H2,1-3H3. The van der Waals surface area contributed by atoms with Crippen LogP contribution in [-0.2, 0) is 12.8 Å². The Morgan fingerprint density at radius 2 is 1.52 bits per heavy atom. The van der Waals surface area contributed by atoms with Crippen molar-refractivity contribution in [2.24, 2.45) is 0 Å². The first-order chi connectivity index (χ1) is 10.2. The summed E-state index contributed by atoms with van der Waals surface area (Å²) in [5.74, 6) is 1.30.